The van der Waals surface area contributed by atoms with Crippen LogP contribution in [0.15, 0.2) is 24.3 Å². The minimum atomic E-state index is 0.401. The Hall–Kier alpha value is -1.57. The standard InChI is InChI=1S/C16H22N2O2/c1-18-9-7-15(8-10-18)19-11-4-12-20-16-6-3-2-5-14(16)13-17/h2-3,5-6,15H,4,7-12H2,1H3. The molecule has 1 aromatic carbocycles. The Morgan fingerprint density at radius 1 is 1.25 bits per heavy atom. The number of likely N-dealkylation sites (tertiary alicyclic amines) is 1. The molecule has 1 heterocycles. The molecule has 0 bridgehead atoms. The topological polar surface area (TPSA) is 45.5 Å². The summed E-state index contributed by atoms with van der Waals surface area (Å²) in [6.45, 7) is 3.56. The van der Waals surface area contributed by atoms with E-state index in [0.29, 0.717) is 24.0 Å². The average Bonchev–Trinajstić information content (AvgIpc) is 2.49. The van der Waals surface area contributed by atoms with Crippen molar-refractivity contribution in [3.05, 3.63) is 29.8 Å². The Bertz CT molecular complexity index is 448. The van der Waals surface area contributed by atoms with Crippen LogP contribution in [0.2, 0.25) is 0 Å². The van der Waals surface area contributed by atoms with Crippen LogP contribution < -0.4 is 4.74 Å². The van der Waals surface area contributed by atoms with Gasteiger partial charge in [0.1, 0.15) is 11.8 Å². The first-order valence-corrected chi connectivity index (χ1v) is 7.21. The molecular weight excluding hydrogens is 252 g/mol. The Balaban J connectivity index is 1.61. The third kappa shape index (κ3) is 4.52. The highest BCUT2D eigenvalue weighted by atomic mass is 16.5. The van der Waals surface area contributed by atoms with E-state index in [4.69, 9.17) is 14.7 Å². The number of benzene rings is 1. The zero-order chi connectivity index (χ0) is 14.2. The summed E-state index contributed by atoms with van der Waals surface area (Å²) in [5, 5.41) is 8.95. The van der Waals surface area contributed by atoms with Crippen LogP contribution in [0, 0.1) is 11.3 Å². The molecule has 0 unspecified atom stereocenters. The average molecular weight is 274 g/mol. The second-order valence-corrected chi connectivity index (χ2v) is 5.18. The molecule has 1 aliphatic rings. The summed E-state index contributed by atoms with van der Waals surface area (Å²) in [6, 6.07) is 9.45. The zero-order valence-electron chi connectivity index (χ0n) is 12.0. The van der Waals surface area contributed by atoms with Crippen LogP contribution in [0.25, 0.3) is 0 Å². The van der Waals surface area contributed by atoms with Gasteiger partial charge in [-0.1, -0.05) is 12.1 Å². The van der Waals surface area contributed by atoms with Gasteiger partial charge in [-0.25, -0.2) is 0 Å². The molecule has 0 radical (unpaired) electrons. The maximum Gasteiger partial charge on any atom is 0.137 e. The van der Waals surface area contributed by atoms with Crippen LogP contribution >= 0.6 is 0 Å². The number of ether oxygens (including phenoxy) is 2. The molecule has 0 spiro atoms. The maximum absolute atomic E-state index is 8.95. The van der Waals surface area contributed by atoms with E-state index in [9.17, 15) is 0 Å². The smallest absolute Gasteiger partial charge is 0.137 e. The van der Waals surface area contributed by atoms with Crippen molar-refractivity contribution in [1.29, 1.82) is 5.26 Å². The number of piperidine rings is 1. The van der Waals surface area contributed by atoms with E-state index in [1.807, 2.05) is 18.2 Å². The largest absolute Gasteiger partial charge is 0.492 e. The number of rotatable bonds is 6. The fourth-order valence-corrected chi connectivity index (χ4v) is 2.33. The molecule has 0 N–H and O–H groups in total. The van der Waals surface area contributed by atoms with Crippen molar-refractivity contribution >= 4 is 0 Å². The zero-order valence-corrected chi connectivity index (χ0v) is 12.0. The molecule has 2 rings (SSSR count). The number of hydrogen-bond donors (Lipinski definition) is 0. The molecule has 108 valence electrons. The van der Waals surface area contributed by atoms with Gasteiger partial charge >= 0.3 is 0 Å². The molecule has 4 nitrogen and oxygen atoms in total. The van der Waals surface area contributed by atoms with Crippen LogP contribution in [0.4, 0.5) is 0 Å². The summed E-state index contributed by atoms with van der Waals surface area (Å²) in [5.41, 5.74) is 0.587. The van der Waals surface area contributed by atoms with Gasteiger partial charge in [-0.15, -0.1) is 0 Å². The van der Waals surface area contributed by atoms with Gasteiger partial charge in [0.25, 0.3) is 0 Å². The Morgan fingerprint density at radius 2 is 2.00 bits per heavy atom. The minimum absolute atomic E-state index is 0.401. The second-order valence-electron chi connectivity index (χ2n) is 5.18. The van der Waals surface area contributed by atoms with Gasteiger partial charge in [0.05, 0.1) is 24.9 Å². The van der Waals surface area contributed by atoms with Crippen molar-refractivity contribution in [2.45, 2.75) is 25.4 Å². The van der Waals surface area contributed by atoms with Crippen molar-refractivity contribution in [3.63, 3.8) is 0 Å². The predicted molar refractivity (Wildman–Crippen MR) is 77.7 cm³/mol. The Kier molecular flexibility index (Phi) is 5.85. The first kappa shape index (κ1) is 14.8. The lowest BCUT2D eigenvalue weighted by atomic mass is 10.1. The lowest BCUT2D eigenvalue weighted by Crippen LogP contribution is -2.34. The van der Waals surface area contributed by atoms with Gasteiger partial charge < -0.3 is 14.4 Å². The van der Waals surface area contributed by atoms with Gasteiger partial charge in [-0.2, -0.15) is 5.26 Å². The summed E-state index contributed by atoms with van der Waals surface area (Å²) in [4.78, 5) is 2.34. The van der Waals surface area contributed by atoms with Crippen LogP contribution in [-0.4, -0.2) is 44.4 Å². The van der Waals surface area contributed by atoms with Gasteiger partial charge in [0.2, 0.25) is 0 Å². The molecule has 0 atom stereocenters. The highest BCUT2D eigenvalue weighted by molar-refractivity contribution is 5.42. The SMILES string of the molecule is CN1CCC(OCCCOc2ccccc2C#N)CC1. The molecule has 4 heteroatoms. The number of para-hydroxylation sites is 1. The minimum Gasteiger partial charge on any atom is -0.492 e. The molecule has 0 saturated carbocycles. The normalized spacial score (nSPS) is 16.8. The number of nitriles is 1. The third-order valence-corrected chi connectivity index (χ3v) is 3.57. The van der Waals surface area contributed by atoms with Crippen molar-refractivity contribution < 1.29 is 9.47 Å². The summed E-state index contributed by atoms with van der Waals surface area (Å²) in [5.74, 6) is 0.661. The summed E-state index contributed by atoms with van der Waals surface area (Å²) < 4.78 is 11.5. The van der Waals surface area contributed by atoms with E-state index in [1.54, 1.807) is 6.07 Å². The van der Waals surface area contributed by atoms with Gasteiger partial charge in [0, 0.05) is 19.5 Å². The second kappa shape index (κ2) is 7.88. The first-order valence-electron chi connectivity index (χ1n) is 7.21. The van der Waals surface area contributed by atoms with E-state index >= 15 is 0 Å². The van der Waals surface area contributed by atoms with E-state index in [-0.39, 0.29) is 0 Å². The first-order chi connectivity index (χ1) is 9.79. The number of hydrogen-bond acceptors (Lipinski definition) is 4. The lowest BCUT2D eigenvalue weighted by Gasteiger charge is -2.28. The highest BCUT2D eigenvalue weighted by Gasteiger charge is 2.16. The lowest BCUT2D eigenvalue weighted by molar-refractivity contribution is 0.00783. The van der Waals surface area contributed by atoms with Gasteiger partial charge in [0.15, 0.2) is 0 Å². The van der Waals surface area contributed by atoms with Gasteiger partial charge in [-0.05, 0) is 32.0 Å². The predicted octanol–water partition coefficient (Wildman–Crippen LogP) is 2.44. The molecule has 20 heavy (non-hydrogen) atoms. The molecule has 1 aliphatic heterocycles. The van der Waals surface area contributed by atoms with Crippen molar-refractivity contribution in [1.82, 2.24) is 4.90 Å². The fraction of sp³-hybridized carbons (Fsp3) is 0.562. The van der Waals surface area contributed by atoms with E-state index < -0.39 is 0 Å². The van der Waals surface area contributed by atoms with Crippen molar-refractivity contribution in [2.75, 3.05) is 33.4 Å². The molecule has 0 amide bonds. The Labute approximate surface area is 120 Å². The van der Waals surface area contributed by atoms with Crippen LogP contribution in [0.3, 0.4) is 0 Å². The van der Waals surface area contributed by atoms with Crippen LogP contribution in [0.1, 0.15) is 24.8 Å². The summed E-state index contributed by atoms with van der Waals surface area (Å²) in [6.07, 6.45) is 3.49. The summed E-state index contributed by atoms with van der Waals surface area (Å²) in [7, 11) is 2.15. The van der Waals surface area contributed by atoms with E-state index in [0.717, 1.165) is 39.0 Å². The molecule has 1 saturated heterocycles. The molecular formula is C16H22N2O2. The van der Waals surface area contributed by atoms with E-state index in [2.05, 4.69) is 18.0 Å². The molecule has 1 aromatic rings. The van der Waals surface area contributed by atoms with Crippen molar-refractivity contribution in [3.8, 4) is 11.8 Å². The quantitative estimate of drug-likeness (QED) is 0.747. The Morgan fingerprint density at radius 3 is 2.75 bits per heavy atom. The molecule has 0 aromatic heterocycles. The monoisotopic (exact) mass is 274 g/mol. The highest BCUT2D eigenvalue weighted by Crippen LogP contribution is 2.17. The summed E-state index contributed by atoms with van der Waals surface area (Å²) >= 11 is 0. The molecule has 1 fully saturated rings. The van der Waals surface area contributed by atoms with Crippen LogP contribution in [0.5, 0.6) is 5.75 Å². The van der Waals surface area contributed by atoms with Gasteiger partial charge in [-0.3, -0.25) is 0 Å². The maximum atomic E-state index is 8.95. The molecule has 0 aliphatic carbocycles. The fourth-order valence-electron chi connectivity index (χ4n) is 2.33. The van der Waals surface area contributed by atoms with Crippen LogP contribution in [-0.2, 0) is 4.74 Å². The van der Waals surface area contributed by atoms with Crippen molar-refractivity contribution in [2.24, 2.45) is 0 Å². The number of nitrogens with zero attached hydrogens (tertiary/aromatic N) is 2. The van der Waals surface area contributed by atoms with E-state index in [1.165, 1.54) is 0 Å². The third-order valence-electron chi connectivity index (χ3n) is 3.57.